The Balaban J connectivity index is 1.98. The lowest BCUT2D eigenvalue weighted by atomic mass is 10.2. The summed E-state index contributed by atoms with van der Waals surface area (Å²) in [6.07, 6.45) is 1.77. The Kier molecular flexibility index (Phi) is 4.56. The van der Waals surface area contributed by atoms with E-state index in [-0.39, 0.29) is 5.91 Å². The summed E-state index contributed by atoms with van der Waals surface area (Å²) in [5.74, 6) is 5.59. The van der Waals surface area contributed by atoms with E-state index in [2.05, 4.69) is 22.3 Å². The number of rotatable bonds is 3. The zero-order valence-corrected chi connectivity index (χ0v) is 12.3. The molecular formula is C14H16N4OS. The Hall–Kier alpha value is -2.10. The molecule has 5 nitrogen and oxygen atoms in total. The average Bonchev–Trinajstić information content (AvgIpc) is 3.03. The second-order valence-corrected chi connectivity index (χ2v) is 5.32. The molecule has 6 heteroatoms. The zero-order valence-electron chi connectivity index (χ0n) is 11.4. The van der Waals surface area contributed by atoms with Crippen molar-refractivity contribution in [1.82, 2.24) is 15.1 Å². The number of nitrogens with two attached hydrogens (primary N) is 1. The molecule has 0 aromatic carbocycles. The first kappa shape index (κ1) is 14.3. The third kappa shape index (κ3) is 3.26. The van der Waals surface area contributed by atoms with Gasteiger partial charge in [-0.3, -0.25) is 9.48 Å². The highest BCUT2D eigenvalue weighted by Gasteiger charge is 2.10. The van der Waals surface area contributed by atoms with Gasteiger partial charge in [-0.2, -0.15) is 5.10 Å². The van der Waals surface area contributed by atoms with Gasteiger partial charge in [-0.15, -0.1) is 11.3 Å². The number of amides is 1. The SMILES string of the molecule is Cc1c(CNC(=O)c2ccc(C#CCN)s2)cnn1C. The molecule has 2 rings (SSSR count). The van der Waals surface area contributed by atoms with Crippen molar-refractivity contribution in [2.75, 3.05) is 6.54 Å². The van der Waals surface area contributed by atoms with Gasteiger partial charge in [0.15, 0.2) is 0 Å². The molecule has 0 atom stereocenters. The van der Waals surface area contributed by atoms with Crippen molar-refractivity contribution in [2.45, 2.75) is 13.5 Å². The van der Waals surface area contributed by atoms with E-state index in [1.807, 2.05) is 20.0 Å². The topological polar surface area (TPSA) is 72.9 Å². The molecule has 2 heterocycles. The van der Waals surface area contributed by atoms with Crippen molar-refractivity contribution >= 4 is 17.2 Å². The average molecular weight is 288 g/mol. The van der Waals surface area contributed by atoms with Crippen LogP contribution >= 0.6 is 11.3 Å². The van der Waals surface area contributed by atoms with Crippen molar-refractivity contribution < 1.29 is 4.79 Å². The van der Waals surface area contributed by atoms with Crippen LogP contribution in [0.1, 0.15) is 25.8 Å². The molecule has 0 saturated heterocycles. The van der Waals surface area contributed by atoms with Crippen molar-refractivity contribution in [2.24, 2.45) is 12.8 Å². The van der Waals surface area contributed by atoms with Crippen LogP contribution in [-0.2, 0) is 13.6 Å². The summed E-state index contributed by atoms with van der Waals surface area (Å²) < 4.78 is 1.78. The Morgan fingerprint density at radius 2 is 2.35 bits per heavy atom. The van der Waals surface area contributed by atoms with Crippen LogP contribution in [0.25, 0.3) is 0 Å². The van der Waals surface area contributed by atoms with Gasteiger partial charge in [0, 0.05) is 24.8 Å². The number of hydrogen-bond acceptors (Lipinski definition) is 4. The van der Waals surface area contributed by atoms with Crippen LogP contribution in [0.2, 0.25) is 0 Å². The van der Waals surface area contributed by atoms with Crippen molar-refractivity contribution in [3.8, 4) is 11.8 Å². The molecular weight excluding hydrogens is 272 g/mol. The Morgan fingerprint density at radius 1 is 1.55 bits per heavy atom. The first-order chi connectivity index (χ1) is 9.61. The van der Waals surface area contributed by atoms with Gasteiger partial charge in [0.05, 0.1) is 22.5 Å². The van der Waals surface area contributed by atoms with Crippen LogP contribution in [0.3, 0.4) is 0 Å². The second-order valence-electron chi connectivity index (χ2n) is 4.23. The smallest absolute Gasteiger partial charge is 0.261 e. The van der Waals surface area contributed by atoms with Crippen LogP contribution in [0.4, 0.5) is 0 Å². The van der Waals surface area contributed by atoms with Gasteiger partial charge in [0.25, 0.3) is 5.91 Å². The molecule has 0 radical (unpaired) electrons. The zero-order chi connectivity index (χ0) is 14.5. The lowest BCUT2D eigenvalue weighted by Crippen LogP contribution is -2.22. The van der Waals surface area contributed by atoms with Gasteiger partial charge in [-0.1, -0.05) is 11.8 Å². The number of nitrogens with zero attached hydrogens (tertiary/aromatic N) is 2. The fraction of sp³-hybridized carbons (Fsp3) is 0.286. The third-order valence-electron chi connectivity index (χ3n) is 2.92. The quantitative estimate of drug-likeness (QED) is 0.829. The molecule has 2 aromatic rings. The predicted octanol–water partition coefficient (Wildman–Crippen LogP) is 1.03. The molecule has 0 bridgehead atoms. The number of aromatic nitrogens is 2. The van der Waals surface area contributed by atoms with E-state index in [1.54, 1.807) is 16.9 Å². The molecule has 1 amide bonds. The minimum Gasteiger partial charge on any atom is -0.347 e. The molecule has 0 aliphatic heterocycles. The number of hydrogen-bond donors (Lipinski definition) is 2. The van der Waals surface area contributed by atoms with Crippen LogP contribution < -0.4 is 11.1 Å². The normalized spacial score (nSPS) is 9.95. The highest BCUT2D eigenvalue weighted by atomic mass is 32.1. The van der Waals surface area contributed by atoms with Crippen LogP contribution in [-0.4, -0.2) is 22.2 Å². The summed E-state index contributed by atoms with van der Waals surface area (Å²) in [6, 6.07) is 3.61. The van der Waals surface area contributed by atoms with Crippen molar-refractivity contribution in [1.29, 1.82) is 0 Å². The minimum absolute atomic E-state index is 0.0981. The molecule has 2 aromatic heterocycles. The van der Waals surface area contributed by atoms with E-state index < -0.39 is 0 Å². The van der Waals surface area contributed by atoms with E-state index in [0.717, 1.165) is 16.1 Å². The van der Waals surface area contributed by atoms with Crippen molar-refractivity contribution in [3.05, 3.63) is 39.3 Å². The minimum atomic E-state index is -0.0981. The first-order valence-electron chi connectivity index (χ1n) is 6.16. The largest absolute Gasteiger partial charge is 0.347 e. The molecule has 0 unspecified atom stereocenters. The number of thiophene rings is 1. The molecule has 0 aliphatic carbocycles. The van der Waals surface area contributed by atoms with Gasteiger partial charge < -0.3 is 11.1 Å². The van der Waals surface area contributed by atoms with Crippen LogP contribution in [0.5, 0.6) is 0 Å². The van der Waals surface area contributed by atoms with Gasteiger partial charge >= 0.3 is 0 Å². The van der Waals surface area contributed by atoms with Gasteiger partial charge in [0.1, 0.15) is 0 Å². The van der Waals surface area contributed by atoms with Gasteiger partial charge in [-0.05, 0) is 19.1 Å². The van der Waals surface area contributed by atoms with E-state index in [4.69, 9.17) is 5.73 Å². The fourth-order valence-electron chi connectivity index (χ4n) is 1.65. The highest BCUT2D eigenvalue weighted by Crippen LogP contribution is 2.15. The molecule has 0 aliphatic rings. The molecule has 104 valence electrons. The number of carbonyl (C=O) groups is 1. The monoisotopic (exact) mass is 288 g/mol. The van der Waals surface area contributed by atoms with Gasteiger partial charge in [0.2, 0.25) is 0 Å². The van der Waals surface area contributed by atoms with Crippen LogP contribution in [0, 0.1) is 18.8 Å². The summed E-state index contributed by atoms with van der Waals surface area (Å²) in [6.45, 7) is 2.76. The number of nitrogens with one attached hydrogen (secondary N) is 1. The summed E-state index contributed by atoms with van der Waals surface area (Å²) in [4.78, 5) is 13.5. The molecule has 0 spiro atoms. The summed E-state index contributed by atoms with van der Waals surface area (Å²) in [7, 11) is 1.88. The van der Waals surface area contributed by atoms with E-state index in [1.165, 1.54) is 11.3 Å². The standard InChI is InChI=1S/C14H16N4OS/c1-10-11(9-17-18(10)2)8-16-14(19)13-6-5-12(20-13)4-3-7-15/h5-6,9H,7-8,15H2,1-2H3,(H,16,19). The maximum atomic E-state index is 12.0. The van der Waals surface area contributed by atoms with E-state index in [9.17, 15) is 4.79 Å². The molecule has 0 fully saturated rings. The first-order valence-corrected chi connectivity index (χ1v) is 6.98. The molecule has 20 heavy (non-hydrogen) atoms. The lowest BCUT2D eigenvalue weighted by Gasteiger charge is -2.03. The van der Waals surface area contributed by atoms with Gasteiger partial charge in [-0.25, -0.2) is 0 Å². The summed E-state index contributed by atoms with van der Waals surface area (Å²) in [5.41, 5.74) is 7.38. The Labute approximate surface area is 121 Å². The summed E-state index contributed by atoms with van der Waals surface area (Å²) in [5, 5.41) is 7.03. The summed E-state index contributed by atoms with van der Waals surface area (Å²) >= 11 is 1.36. The Bertz CT molecular complexity index is 675. The van der Waals surface area contributed by atoms with E-state index >= 15 is 0 Å². The molecule has 3 N–H and O–H groups in total. The number of aryl methyl sites for hydroxylation is 1. The Morgan fingerprint density at radius 3 is 3.00 bits per heavy atom. The number of carbonyl (C=O) groups excluding carboxylic acids is 1. The van der Waals surface area contributed by atoms with Crippen LogP contribution in [0.15, 0.2) is 18.3 Å². The maximum absolute atomic E-state index is 12.0. The second kappa shape index (κ2) is 6.37. The molecule has 0 saturated carbocycles. The fourth-order valence-corrected chi connectivity index (χ4v) is 2.44. The van der Waals surface area contributed by atoms with E-state index in [0.29, 0.717) is 18.0 Å². The third-order valence-corrected chi connectivity index (χ3v) is 3.92. The highest BCUT2D eigenvalue weighted by molar-refractivity contribution is 7.14. The van der Waals surface area contributed by atoms with Crippen molar-refractivity contribution in [3.63, 3.8) is 0 Å². The maximum Gasteiger partial charge on any atom is 0.261 e. The lowest BCUT2D eigenvalue weighted by molar-refractivity contribution is 0.0955. The predicted molar refractivity (Wildman–Crippen MR) is 79.4 cm³/mol.